The SMILES string of the molecule is CC1(C)C[C@H](N)C[C@H](c2ccncc2CC(=O)c2csc(-c3c(F)cccc3F)n2)C1. The Balaban J connectivity index is 1.57. The number of ketones is 1. The molecular formula is C24H25F2N3OS. The van der Waals surface area contributed by atoms with Gasteiger partial charge in [-0.1, -0.05) is 19.9 Å². The van der Waals surface area contributed by atoms with Gasteiger partial charge in [-0.3, -0.25) is 9.78 Å². The number of nitrogens with two attached hydrogens (primary N) is 1. The Morgan fingerprint density at radius 2 is 1.97 bits per heavy atom. The molecule has 0 bridgehead atoms. The van der Waals surface area contributed by atoms with Gasteiger partial charge in [-0.15, -0.1) is 11.3 Å². The van der Waals surface area contributed by atoms with Gasteiger partial charge in [0.1, 0.15) is 22.3 Å². The Labute approximate surface area is 184 Å². The summed E-state index contributed by atoms with van der Waals surface area (Å²) in [6.45, 7) is 4.45. The molecule has 0 amide bonds. The van der Waals surface area contributed by atoms with Crippen LogP contribution in [0.1, 0.15) is 60.6 Å². The topological polar surface area (TPSA) is 68.9 Å². The molecule has 7 heteroatoms. The van der Waals surface area contributed by atoms with Gasteiger partial charge in [0.25, 0.3) is 0 Å². The Morgan fingerprint density at radius 1 is 1.23 bits per heavy atom. The fourth-order valence-corrected chi connectivity index (χ4v) is 5.57. The first-order valence-electron chi connectivity index (χ1n) is 10.3. The van der Waals surface area contributed by atoms with Crippen molar-refractivity contribution in [3.63, 3.8) is 0 Å². The van der Waals surface area contributed by atoms with Crippen LogP contribution in [0, 0.1) is 17.0 Å². The molecule has 2 N–H and O–H groups in total. The second kappa shape index (κ2) is 8.55. The molecule has 0 saturated heterocycles. The third-order valence-electron chi connectivity index (χ3n) is 5.90. The molecule has 31 heavy (non-hydrogen) atoms. The molecule has 0 aliphatic heterocycles. The van der Waals surface area contributed by atoms with Crippen LogP contribution in [-0.4, -0.2) is 21.8 Å². The number of benzene rings is 1. The second-order valence-corrected chi connectivity index (χ2v) is 9.93. The maximum Gasteiger partial charge on any atom is 0.186 e. The molecule has 1 fully saturated rings. The van der Waals surface area contributed by atoms with Crippen molar-refractivity contribution in [3.8, 4) is 10.6 Å². The summed E-state index contributed by atoms with van der Waals surface area (Å²) < 4.78 is 28.1. The highest BCUT2D eigenvalue weighted by Crippen LogP contribution is 2.43. The first kappa shape index (κ1) is 21.7. The Morgan fingerprint density at radius 3 is 2.68 bits per heavy atom. The highest BCUT2D eigenvalue weighted by atomic mass is 32.1. The predicted octanol–water partition coefficient (Wildman–Crippen LogP) is 5.53. The van der Waals surface area contributed by atoms with Crippen LogP contribution in [0.25, 0.3) is 10.6 Å². The van der Waals surface area contributed by atoms with Gasteiger partial charge in [0.2, 0.25) is 0 Å². The Hall–Kier alpha value is -2.51. The minimum absolute atomic E-state index is 0.127. The summed E-state index contributed by atoms with van der Waals surface area (Å²) >= 11 is 1.06. The van der Waals surface area contributed by atoms with Gasteiger partial charge in [0.15, 0.2) is 5.78 Å². The average molecular weight is 442 g/mol. The molecule has 0 unspecified atom stereocenters. The van der Waals surface area contributed by atoms with Gasteiger partial charge in [-0.25, -0.2) is 13.8 Å². The summed E-state index contributed by atoms with van der Waals surface area (Å²) in [5.41, 5.74) is 8.41. The number of halogens is 2. The molecule has 0 radical (unpaired) electrons. The quantitative estimate of drug-likeness (QED) is 0.529. The third-order valence-corrected chi connectivity index (χ3v) is 6.76. The minimum atomic E-state index is -0.695. The van der Waals surface area contributed by atoms with Gasteiger partial charge >= 0.3 is 0 Å². The lowest BCUT2D eigenvalue weighted by atomic mass is 9.68. The zero-order valence-electron chi connectivity index (χ0n) is 17.6. The molecule has 4 rings (SSSR count). The molecule has 1 aliphatic carbocycles. The number of Topliss-reactive ketones (excluding diaryl/α,β-unsaturated/α-hetero) is 1. The molecular weight excluding hydrogens is 416 g/mol. The summed E-state index contributed by atoms with van der Waals surface area (Å²) in [5.74, 6) is -1.32. The number of rotatable bonds is 5. The summed E-state index contributed by atoms with van der Waals surface area (Å²) in [6.07, 6.45) is 6.47. The zero-order chi connectivity index (χ0) is 22.2. The van der Waals surface area contributed by atoms with Crippen LogP contribution in [-0.2, 0) is 6.42 Å². The Bertz CT molecular complexity index is 1090. The molecule has 1 aromatic carbocycles. The van der Waals surface area contributed by atoms with E-state index < -0.39 is 11.6 Å². The highest BCUT2D eigenvalue weighted by Gasteiger charge is 2.34. The van der Waals surface area contributed by atoms with Crippen LogP contribution in [0.2, 0.25) is 0 Å². The van der Waals surface area contributed by atoms with E-state index in [-0.39, 0.29) is 45.8 Å². The normalized spacial score (nSPS) is 20.5. The van der Waals surface area contributed by atoms with Gasteiger partial charge in [0.05, 0.1) is 5.56 Å². The van der Waals surface area contributed by atoms with Gasteiger partial charge in [-0.05, 0) is 59.9 Å². The van der Waals surface area contributed by atoms with Crippen molar-refractivity contribution in [1.82, 2.24) is 9.97 Å². The van der Waals surface area contributed by atoms with Crippen LogP contribution in [0.5, 0.6) is 0 Å². The first-order chi connectivity index (χ1) is 14.7. The van der Waals surface area contributed by atoms with E-state index in [2.05, 4.69) is 23.8 Å². The fraction of sp³-hybridized carbons (Fsp3) is 0.375. The van der Waals surface area contributed by atoms with E-state index in [0.29, 0.717) is 0 Å². The second-order valence-electron chi connectivity index (χ2n) is 9.07. The van der Waals surface area contributed by atoms with Crippen molar-refractivity contribution in [2.24, 2.45) is 11.1 Å². The van der Waals surface area contributed by atoms with E-state index in [9.17, 15) is 13.6 Å². The molecule has 4 nitrogen and oxygen atoms in total. The van der Waals surface area contributed by atoms with Gasteiger partial charge < -0.3 is 5.73 Å². The first-order valence-corrected chi connectivity index (χ1v) is 11.2. The number of carbonyl (C=O) groups excluding carboxylic acids is 1. The standard InChI is InChI=1S/C24H25F2N3OS/c1-24(2)10-14(8-16(27)11-24)17-6-7-28-12-15(17)9-21(30)20-13-31-23(29-20)22-18(25)4-3-5-19(22)26/h3-7,12-14,16H,8-11,27H2,1-2H3/t14-,16+/m0/s1. The number of hydrogen-bond acceptors (Lipinski definition) is 5. The summed E-state index contributed by atoms with van der Waals surface area (Å²) in [4.78, 5) is 21.4. The minimum Gasteiger partial charge on any atom is -0.328 e. The van der Waals surface area contributed by atoms with Crippen LogP contribution >= 0.6 is 11.3 Å². The van der Waals surface area contributed by atoms with E-state index in [0.717, 1.165) is 41.7 Å². The van der Waals surface area contributed by atoms with Crippen LogP contribution < -0.4 is 5.73 Å². The molecule has 3 aromatic rings. The van der Waals surface area contributed by atoms with E-state index in [4.69, 9.17) is 5.73 Å². The fourth-order valence-electron chi connectivity index (χ4n) is 4.70. The maximum atomic E-state index is 14.1. The van der Waals surface area contributed by atoms with Crippen LogP contribution in [0.4, 0.5) is 8.78 Å². The lowest BCUT2D eigenvalue weighted by Gasteiger charge is -2.39. The molecule has 2 atom stereocenters. The van der Waals surface area contributed by atoms with Crippen molar-refractivity contribution in [2.45, 2.75) is 51.5 Å². The number of thiazole rings is 1. The highest BCUT2D eigenvalue weighted by molar-refractivity contribution is 7.13. The van der Waals surface area contributed by atoms with Crippen LogP contribution in [0.15, 0.2) is 42.0 Å². The average Bonchev–Trinajstić information content (AvgIpc) is 3.16. The lowest BCUT2D eigenvalue weighted by Crippen LogP contribution is -2.36. The molecule has 2 heterocycles. The monoisotopic (exact) mass is 441 g/mol. The van der Waals surface area contributed by atoms with Gasteiger partial charge in [0, 0.05) is 30.2 Å². The smallest absolute Gasteiger partial charge is 0.186 e. The summed E-state index contributed by atoms with van der Waals surface area (Å²) in [5, 5.41) is 1.71. The number of pyridine rings is 1. The van der Waals surface area contributed by atoms with Crippen molar-refractivity contribution >= 4 is 17.1 Å². The largest absolute Gasteiger partial charge is 0.328 e. The van der Waals surface area contributed by atoms with Gasteiger partial charge in [-0.2, -0.15) is 0 Å². The van der Waals surface area contributed by atoms with Crippen LogP contribution in [0.3, 0.4) is 0 Å². The van der Waals surface area contributed by atoms with E-state index in [1.54, 1.807) is 17.8 Å². The number of hydrogen-bond donors (Lipinski definition) is 1. The predicted molar refractivity (Wildman–Crippen MR) is 118 cm³/mol. The number of nitrogens with zero attached hydrogens (tertiary/aromatic N) is 2. The Kier molecular flexibility index (Phi) is 5.99. The van der Waals surface area contributed by atoms with E-state index >= 15 is 0 Å². The molecule has 0 spiro atoms. The zero-order valence-corrected chi connectivity index (χ0v) is 18.4. The lowest BCUT2D eigenvalue weighted by molar-refractivity contribution is 0.0988. The maximum absolute atomic E-state index is 14.1. The number of aromatic nitrogens is 2. The van der Waals surface area contributed by atoms with Crippen molar-refractivity contribution in [3.05, 3.63) is 70.5 Å². The molecule has 1 saturated carbocycles. The van der Waals surface area contributed by atoms with Crippen molar-refractivity contribution < 1.29 is 13.6 Å². The van der Waals surface area contributed by atoms with Crippen molar-refractivity contribution in [2.75, 3.05) is 0 Å². The molecule has 162 valence electrons. The molecule has 2 aromatic heterocycles. The third kappa shape index (κ3) is 4.72. The summed E-state index contributed by atoms with van der Waals surface area (Å²) in [7, 11) is 0. The van der Waals surface area contributed by atoms with E-state index in [1.807, 2.05) is 6.07 Å². The van der Waals surface area contributed by atoms with Crippen molar-refractivity contribution in [1.29, 1.82) is 0 Å². The molecule has 1 aliphatic rings. The van der Waals surface area contributed by atoms with E-state index in [1.165, 1.54) is 18.2 Å². The number of carbonyl (C=O) groups is 1. The summed E-state index contributed by atoms with van der Waals surface area (Å²) in [6, 6.07) is 5.76.